The number of nitrogens with zero attached hydrogens (tertiary/aromatic N) is 2. The molecule has 1 heterocycles. The number of hydrogen-bond donors (Lipinski definition) is 3. The maximum absolute atomic E-state index is 11.7. The van der Waals surface area contributed by atoms with Crippen LogP contribution in [0.3, 0.4) is 0 Å². The molecule has 0 aliphatic heterocycles. The van der Waals surface area contributed by atoms with Crippen molar-refractivity contribution in [1.29, 1.82) is 0 Å². The van der Waals surface area contributed by atoms with E-state index in [1.54, 1.807) is 0 Å². The Morgan fingerprint density at radius 1 is 1.52 bits per heavy atom. The van der Waals surface area contributed by atoms with Crippen LogP contribution >= 0.6 is 0 Å². The molecule has 0 spiro atoms. The van der Waals surface area contributed by atoms with Crippen LogP contribution in [-0.2, 0) is 11.3 Å². The second-order valence-electron chi connectivity index (χ2n) is 3.96. The van der Waals surface area contributed by atoms with Crippen LogP contribution in [0, 0.1) is 10.1 Å². The van der Waals surface area contributed by atoms with Crippen molar-refractivity contribution in [1.82, 2.24) is 15.2 Å². The van der Waals surface area contributed by atoms with E-state index in [-0.39, 0.29) is 17.8 Å². The molecule has 3 N–H and O–H groups in total. The number of benzene rings is 1. The van der Waals surface area contributed by atoms with Gasteiger partial charge in [-0.2, -0.15) is 5.10 Å². The zero-order chi connectivity index (χ0) is 15.4. The molecule has 0 aliphatic rings. The number of aromatic nitrogens is 3. The lowest BCUT2D eigenvalue weighted by atomic mass is 10.1. The first-order chi connectivity index (χ1) is 10.0. The normalized spacial score (nSPS) is 10.1. The van der Waals surface area contributed by atoms with Gasteiger partial charge in [-0.05, 0) is 6.07 Å². The summed E-state index contributed by atoms with van der Waals surface area (Å²) in [6, 6.07) is 3.75. The van der Waals surface area contributed by atoms with Crippen molar-refractivity contribution in [2.24, 2.45) is 0 Å². The smallest absolute Gasteiger partial charge is 0.340 e. The molecule has 0 bridgehead atoms. The second kappa shape index (κ2) is 5.86. The zero-order valence-electron chi connectivity index (χ0n) is 10.9. The first-order valence-corrected chi connectivity index (χ1v) is 5.75. The summed E-state index contributed by atoms with van der Waals surface area (Å²) in [5, 5.41) is 19.5. The number of hydrogen-bond acceptors (Lipinski definition) is 7. The van der Waals surface area contributed by atoms with Crippen molar-refractivity contribution < 1.29 is 14.5 Å². The average molecular weight is 293 g/mol. The van der Waals surface area contributed by atoms with Crippen molar-refractivity contribution in [2.45, 2.75) is 6.54 Å². The molecule has 0 radical (unpaired) electrons. The third kappa shape index (κ3) is 3.23. The number of rotatable bonds is 5. The fraction of sp³-hybridized carbons (Fsp3) is 0.182. The van der Waals surface area contributed by atoms with Gasteiger partial charge >= 0.3 is 11.7 Å². The van der Waals surface area contributed by atoms with Crippen LogP contribution in [0.25, 0.3) is 0 Å². The molecule has 0 atom stereocenters. The highest BCUT2D eigenvalue weighted by atomic mass is 16.6. The highest BCUT2D eigenvalue weighted by Gasteiger charge is 2.17. The van der Waals surface area contributed by atoms with Crippen molar-refractivity contribution in [3.63, 3.8) is 0 Å². The minimum atomic E-state index is -0.711. The Morgan fingerprint density at radius 3 is 2.86 bits per heavy atom. The van der Waals surface area contributed by atoms with Crippen molar-refractivity contribution in [3.8, 4) is 0 Å². The van der Waals surface area contributed by atoms with Gasteiger partial charge in [-0.3, -0.25) is 15.1 Å². The quantitative estimate of drug-likeness (QED) is 0.411. The van der Waals surface area contributed by atoms with Gasteiger partial charge in [0.2, 0.25) is 0 Å². The first kappa shape index (κ1) is 14.2. The standard InChI is InChI=1S/C11H11N5O5/c1-21-10(17)7-4-6(16(19)20)2-3-8(7)12-5-9-13-11(18)15-14-9/h2-4,12H,5H2,1H3,(H2,13,14,15,18). The lowest BCUT2D eigenvalue weighted by Gasteiger charge is -2.09. The van der Waals surface area contributed by atoms with E-state index >= 15 is 0 Å². The first-order valence-electron chi connectivity index (χ1n) is 5.75. The van der Waals surface area contributed by atoms with E-state index in [1.807, 2.05) is 0 Å². The van der Waals surface area contributed by atoms with E-state index in [9.17, 15) is 19.7 Å². The van der Waals surface area contributed by atoms with Gasteiger partial charge < -0.3 is 10.1 Å². The van der Waals surface area contributed by atoms with Crippen molar-refractivity contribution in [3.05, 3.63) is 50.2 Å². The van der Waals surface area contributed by atoms with Gasteiger partial charge in [-0.1, -0.05) is 0 Å². The highest BCUT2D eigenvalue weighted by molar-refractivity contribution is 5.96. The summed E-state index contributed by atoms with van der Waals surface area (Å²) in [6.45, 7) is 0.126. The fourth-order valence-corrected chi connectivity index (χ4v) is 1.65. The summed E-state index contributed by atoms with van der Waals surface area (Å²) in [5.74, 6) is -0.383. The van der Waals surface area contributed by atoms with Crippen LogP contribution in [0.1, 0.15) is 16.2 Å². The predicted molar refractivity (Wildman–Crippen MR) is 71.0 cm³/mol. The van der Waals surface area contributed by atoms with Crippen LogP contribution in [-0.4, -0.2) is 33.2 Å². The molecule has 21 heavy (non-hydrogen) atoms. The number of H-pyrrole nitrogens is 2. The number of nitro benzene ring substituents is 1. The maximum Gasteiger partial charge on any atom is 0.340 e. The van der Waals surface area contributed by atoms with Crippen molar-refractivity contribution >= 4 is 17.3 Å². The number of nitro groups is 1. The monoisotopic (exact) mass is 293 g/mol. The van der Waals surface area contributed by atoms with E-state index < -0.39 is 16.6 Å². The summed E-state index contributed by atoms with van der Waals surface area (Å²) in [7, 11) is 1.18. The van der Waals surface area contributed by atoms with Gasteiger partial charge in [0, 0.05) is 17.8 Å². The van der Waals surface area contributed by atoms with Crippen LogP contribution in [0.15, 0.2) is 23.0 Å². The maximum atomic E-state index is 11.7. The lowest BCUT2D eigenvalue weighted by molar-refractivity contribution is -0.384. The summed E-state index contributed by atoms with van der Waals surface area (Å²) >= 11 is 0. The van der Waals surface area contributed by atoms with Gasteiger partial charge in [-0.25, -0.2) is 14.7 Å². The molecular weight excluding hydrogens is 282 g/mol. The van der Waals surface area contributed by atoms with Crippen LogP contribution < -0.4 is 11.0 Å². The lowest BCUT2D eigenvalue weighted by Crippen LogP contribution is -2.10. The van der Waals surface area contributed by atoms with Crippen LogP contribution in [0.4, 0.5) is 11.4 Å². The number of carbonyl (C=O) groups excluding carboxylic acids is 1. The average Bonchev–Trinajstić information content (AvgIpc) is 2.89. The SMILES string of the molecule is COC(=O)c1cc([N+](=O)[O-])ccc1NCc1n[nH]c(=O)[nH]1. The number of aromatic amines is 2. The Bertz CT molecular complexity index is 735. The molecule has 2 rings (SSSR count). The van der Waals surface area contributed by atoms with Gasteiger partial charge in [0.1, 0.15) is 5.82 Å². The number of methoxy groups -OCH3 is 1. The summed E-state index contributed by atoms with van der Waals surface area (Å²) < 4.78 is 4.59. The van der Waals surface area contributed by atoms with Gasteiger partial charge in [0.15, 0.2) is 0 Å². The molecule has 0 saturated heterocycles. The molecule has 0 amide bonds. The third-order valence-electron chi connectivity index (χ3n) is 2.62. The molecule has 0 unspecified atom stereocenters. The molecular formula is C11H11N5O5. The largest absolute Gasteiger partial charge is 0.465 e. The van der Waals surface area contributed by atoms with Gasteiger partial charge in [0.05, 0.1) is 24.1 Å². The molecule has 0 saturated carbocycles. The van der Waals surface area contributed by atoms with E-state index in [2.05, 4.69) is 25.2 Å². The molecule has 2 aromatic rings. The Balaban J connectivity index is 2.27. The molecule has 110 valence electrons. The minimum Gasteiger partial charge on any atom is -0.465 e. The molecule has 10 nitrogen and oxygen atoms in total. The Labute approximate surface area is 117 Å². The fourth-order valence-electron chi connectivity index (χ4n) is 1.65. The van der Waals surface area contributed by atoms with Crippen LogP contribution in [0.2, 0.25) is 0 Å². The van der Waals surface area contributed by atoms with Crippen molar-refractivity contribution in [2.75, 3.05) is 12.4 Å². The zero-order valence-corrected chi connectivity index (χ0v) is 10.9. The molecule has 10 heteroatoms. The molecule has 0 fully saturated rings. The number of esters is 1. The number of anilines is 1. The number of non-ortho nitro benzene ring substituents is 1. The molecule has 0 aliphatic carbocycles. The van der Waals surface area contributed by atoms with Gasteiger partial charge in [-0.15, -0.1) is 0 Å². The summed E-state index contributed by atoms with van der Waals surface area (Å²) in [4.78, 5) is 35.1. The topological polar surface area (TPSA) is 143 Å². The second-order valence-corrected chi connectivity index (χ2v) is 3.96. The van der Waals surface area contributed by atoms with Gasteiger partial charge in [0.25, 0.3) is 5.69 Å². The summed E-state index contributed by atoms with van der Waals surface area (Å²) in [6.07, 6.45) is 0. The van der Waals surface area contributed by atoms with E-state index in [4.69, 9.17) is 0 Å². The Morgan fingerprint density at radius 2 is 2.29 bits per heavy atom. The van der Waals surface area contributed by atoms with E-state index in [0.29, 0.717) is 11.5 Å². The third-order valence-corrected chi connectivity index (χ3v) is 2.62. The molecule has 1 aromatic heterocycles. The summed E-state index contributed by atoms with van der Waals surface area (Å²) in [5.41, 5.74) is -0.335. The van der Waals surface area contributed by atoms with Crippen LogP contribution in [0.5, 0.6) is 0 Å². The van der Waals surface area contributed by atoms with E-state index in [0.717, 1.165) is 6.07 Å². The number of ether oxygens (including phenoxy) is 1. The number of carbonyl (C=O) groups is 1. The van der Waals surface area contributed by atoms with E-state index in [1.165, 1.54) is 19.2 Å². The Kier molecular flexibility index (Phi) is 3.97. The number of nitrogens with one attached hydrogen (secondary N) is 3. The predicted octanol–water partition coefficient (Wildman–Crippen LogP) is 0.405. The highest BCUT2D eigenvalue weighted by Crippen LogP contribution is 2.23. The Hall–Kier alpha value is -3.17. The molecule has 1 aromatic carbocycles. The minimum absolute atomic E-state index is 0.0181.